The number of ether oxygens (including phenoxy) is 1. The van der Waals surface area contributed by atoms with E-state index in [1.165, 1.54) is 5.75 Å². The Hall–Kier alpha value is -0.460. The van der Waals surface area contributed by atoms with Crippen molar-refractivity contribution in [2.24, 2.45) is 10.9 Å². The number of thioether (sulfide) groups is 1. The van der Waals surface area contributed by atoms with Gasteiger partial charge in [0.05, 0.1) is 19.8 Å². The maximum absolute atomic E-state index is 5.49. The second-order valence-corrected chi connectivity index (χ2v) is 9.03. The summed E-state index contributed by atoms with van der Waals surface area (Å²) in [5.74, 6) is 3.00. The van der Waals surface area contributed by atoms with Gasteiger partial charge >= 0.3 is 0 Å². The zero-order valence-electron chi connectivity index (χ0n) is 16.2. The van der Waals surface area contributed by atoms with Crippen molar-refractivity contribution in [3.05, 3.63) is 0 Å². The van der Waals surface area contributed by atoms with E-state index in [1.807, 2.05) is 0 Å². The molecule has 2 rings (SSSR count). The summed E-state index contributed by atoms with van der Waals surface area (Å²) in [5, 5.41) is 4.21. The van der Waals surface area contributed by atoms with Gasteiger partial charge in [0.25, 0.3) is 0 Å². The summed E-state index contributed by atoms with van der Waals surface area (Å²) in [6.07, 6.45) is 0. The van der Waals surface area contributed by atoms with Crippen molar-refractivity contribution in [2.75, 3.05) is 58.2 Å². The Morgan fingerprint density at radius 2 is 2.00 bits per heavy atom. The maximum Gasteiger partial charge on any atom is 0.194 e. The Bertz CT molecular complexity index is 408. The molecule has 0 radical (unpaired) electrons. The van der Waals surface area contributed by atoms with Crippen LogP contribution >= 0.6 is 11.8 Å². The topological polar surface area (TPSA) is 40.1 Å². The molecule has 140 valence electrons. The molecule has 0 saturated carbocycles. The molecule has 2 aliphatic heterocycles. The Balaban J connectivity index is 2.01. The van der Waals surface area contributed by atoms with Crippen molar-refractivity contribution >= 4 is 17.7 Å². The molecule has 2 fully saturated rings. The van der Waals surface area contributed by atoms with Gasteiger partial charge in [-0.05, 0) is 26.7 Å². The highest BCUT2D eigenvalue weighted by atomic mass is 32.2. The molecule has 5 nitrogen and oxygen atoms in total. The van der Waals surface area contributed by atoms with Crippen LogP contribution in [0.2, 0.25) is 0 Å². The van der Waals surface area contributed by atoms with Gasteiger partial charge in [-0.1, -0.05) is 13.8 Å². The van der Waals surface area contributed by atoms with E-state index in [1.54, 1.807) is 0 Å². The smallest absolute Gasteiger partial charge is 0.194 e. The van der Waals surface area contributed by atoms with Gasteiger partial charge in [0, 0.05) is 49.3 Å². The molecular formula is C18H36N4OS. The number of morpholine rings is 1. The highest BCUT2D eigenvalue weighted by Gasteiger charge is 2.29. The quantitative estimate of drug-likeness (QED) is 0.604. The fraction of sp³-hybridized carbons (Fsp3) is 0.944. The number of guanidine groups is 1. The molecule has 1 N–H and O–H groups in total. The normalized spacial score (nSPS) is 24.5. The fourth-order valence-corrected chi connectivity index (χ4v) is 4.53. The molecule has 0 aliphatic carbocycles. The molecule has 1 unspecified atom stereocenters. The molecule has 2 aliphatic rings. The zero-order chi connectivity index (χ0) is 17.6. The van der Waals surface area contributed by atoms with Crippen LogP contribution in [-0.2, 0) is 4.74 Å². The third-order valence-electron chi connectivity index (χ3n) is 4.95. The third-order valence-corrected chi connectivity index (χ3v) is 6.49. The Kier molecular flexibility index (Phi) is 7.69. The van der Waals surface area contributed by atoms with E-state index in [9.17, 15) is 0 Å². The summed E-state index contributed by atoms with van der Waals surface area (Å²) in [4.78, 5) is 9.98. The summed E-state index contributed by atoms with van der Waals surface area (Å²) >= 11 is 2.11. The van der Waals surface area contributed by atoms with Crippen LogP contribution in [0, 0.1) is 5.92 Å². The average Bonchev–Trinajstić information content (AvgIpc) is 2.59. The molecule has 2 heterocycles. The van der Waals surface area contributed by atoms with E-state index in [0.29, 0.717) is 11.2 Å². The highest BCUT2D eigenvalue weighted by molar-refractivity contribution is 8.00. The summed E-state index contributed by atoms with van der Waals surface area (Å²) < 4.78 is 5.49. The van der Waals surface area contributed by atoms with Crippen molar-refractivity contribution in [1.29, 1.82) is 0 Å². The van der Waals surface area contributed by atoms with Crippen LogP contribution in [0.3, 0.4) is 0 Å². The number of rotatable bonds is 5. The van der Waals surface area contributed by atoms with E-state index in [2.05, 4.69) is 61.5 Å². The third kappa shape index (κ3) is 5.53. The summed E-state index contributed by atoms with van der Waals surface area (Å²) in [6.45, 7) is 19.1. The number of nitrogens with one attached hydrogen (secondary N) is 1. The van der Waals surface area contributed by atoms with Gasteiger partial charge in [-0.15, -0.1) is 0 Å². The lowest BCUT2D eigenvalue weighted by Gasteiger charge is -2.40. The van der Waals surface area contributed by atoms with E-state index >= 15 is 0 Å². The van der Waals surface area contributed by atoms with Crippen LogP contribution < -0.4 is 5.32 Å². The number of nitrogens with zero attached hydrogens (tertiary/aromatic N) is 3. The van der Waals surface area contributed by atoms with E-state index in [-0.39, 0.29) is 5.54 Å². The van der Waals surface area contributed by atoms with Gasteiger partial charge < -0.3 is 15.0 Å². The SMILES string of the molecule is CCNC(=NCC(C)(C)N1CCOCC1)N1CCSC(C(C)C)C1. The molecule has 24 heavy (non-hydrogen) atoms. The van der Waals surface area contributed by atoms with Crippen LogP contribution in [0.4, 0.5) is 0 Å². The maximum atomic E-state index is 5.49. The van der Waals surface area contributed by atoms with Gasteiger partial charge in [-0.2, -0.15) is 11.8 Å². The van der Waals surface area contributed by atoms with Crippen molar-refractivity contribution in [2.45, 2.75) is 45.4 Å². The molecule has 0 amide bonds. The second-order valence-electron chi connectivity index (χ2n) is 7.68. The second kappa shape index (κ2) is 9.30. The van der Waals surface area contributed by atoms with E-state index in [0.717, 1.165) is 58.4 Å². The van der Waals surface area contributed by atoms with Crippen molar-refractivity contribution in [1.82, 2.24) is 15.1 Å². The minimum atomic E-state index is 0.0758. The Morgan fingerprint density at radius 1 is 1.29 bits per heavy atom. The minimum Gasteiger partial charge on any atom is -0.379 e. The van der Waals surface area contributed by atoms with Gasteiger partial charge in [0.1, 0.15) is 0 Å². The first-order chi connectivity index (χ1) is 11.4. The Labute approximate surface area is 152 Å². The van der Waals surface area contributed by atoms with Crippen LogP contribution in [-0.4, -0.2) is 84.8 Å². The molecule has 0 bridgehead atoms. The first kappa shape index (κ1) is 19.9. The lowest BCUT2D eigenvalue weighted by molar-refractivity contribution is -0.00689. The van der Waals surface area contributed by atoms with E-state index < -0.39 is 0 Å². The molecule has 0 aromatic heterocycles. The van der Waals surface area contributed by atoms with Crippen molar-refractivity contribution < 1.29 is 4.74 Å². The molecule has 0 spiro atoms. The van der Waals surface area contributed by atoms with Crippen LogP contribution in [0.15, 0.2) is 4.99 Å². The molecule has 1 atom stereocenters. The summed E-state index contributed by atoms with van der Waals surface area (Å²) in [6, 6.07) is 0. The minimum absolute atomic E-state index is 0.0758. The van der Waals surface area contributed by atoms with Crippen LogP contribution in [0.5, 0.6) is 0 Å². The van der Waals surface area contributed by atoms with Gasteiger partial charge in [-0.3, -0.25) is 9.89 Å². The van der Waals surface area contributed by atoms with Gasteiger partial charge in [0.2, 0.25) is 0 Å². The molecule has 0 aromatic rings. The highest BCUT2D eigenvalue weighted by Crippen LogP contribution is 2.25. The van der Waals surface area contributed by atoms with E-state index in [4.69, 9.17) is 9.73 Å². The Morgan fingerprint density at radius 3 is 2.62 bits per heavy atom. The molecule has 2 saturated heterocycles. The fourth-order valence-electron chi connectivity index (χ4n) is 3.23. The van der Waals surface area contributed by atoms with Gasteiger partial charge in [0.15, 0.2) is 5.96 Å². The number of aliphatic imine (C=N–C) groups is 1. The summed E-state index contributed by atoms with van der Waals surface area (Å²) in [7, 11) is 0. The predicted molar refractivity (Wildman–Crippen MR) is 105 cm³/mol. The molecule has 0 aromatic carbocycles. The van der Waals surface area contributed by atoms with Crippen molar-refractivity contribution in [3.63, 3.8) is 0 Å². The first-order valence-corrected chi connectivity index (χ1v) is 10.5. The monoisotopic (exact) mass is 356 g/mol. The standard InChI is InChI=1S/C18H36N4OS/c1-6-19-17(21-9-12-24-16(13-21)15(2)3)20-14-18(4,5)22-7-10-23-11-8-22/h15-16H,6-14H2,1-5H3,(H,19,20). The summed E-state index contributed by atoms with van der Waals surface area (Å²) in [5.41, 5.74) is 0.0758. The van der Waals surface area contributed by atoms with Gasteiger partial charge in [-0.25, -0.2) is 0 Å². The van der Waals surface area contributed by atoms with Crippen LogP contribution in [0.1, 0.15) is 34.6 Å². The largest absolute Gasteiger partial charge is 0.379 e. The van der Waals surface area contributed by atoms with Crippen LogP contribution in [0.25, 0.3) is 0 Å². The number of hydrogen-bond acceptors (Lipinski definition) is 4. The molecule has 6 heteroatoms. The average molecular weight is 357 g/mol. The lowest BCUT2D eigenvalue weighted by atomic mass is 10.0. The lowest BCUT2D eigenvalue weighted by Crippen LogP contribution is -2.53. The zero-order valence-corrected chi connectivity index (χ0v) is 17.0. The van der Waals surface area contributed by atoms with Crippen molar-refractivity contribution in [3.8, 4) is 0 Å². The number of hydrogen-bond donors (Lipinski definition) is 1. The molecular weight excluding hydrogens is 320 g/mol. The first-order valence-electron chi connectivity index (χ1n) is 9.41. The predicted octanol–water partition coefficient (Wildman–Crippen LogP) is 2.14.